The third-order valence-electron chi connectivity index (χ3n) is 0.204. The first-order valence-corrected chi connectivity index (χ1v) is 1.72. The molecule has 0 aromatic carbocycles. The van der Waals surface area contributed by atoms with E-state index in [1.165, 1.54) is 0 Å². The van der Waals surface area contributed by atoms with Crippen molar-refractivity contribution in [3.05, 3.63) is 31.5 Å². The van der Waals surface area contributed by atoms with Crippen LogP contribution in [0.4, 0.5) is 0 Å². The Morgan fingerprint density at radius 2 is 1.38 bits per heavy atom. The smallest absolute Gasteiger partial charge is 0.0393 e. The Morgan fingerprint density at radius 3 is 1.38 bits per heavy atom. The van der Waals surface area contributed by atoms with E-state index < -0.39 is 0 Å². The molecular formula is C6H12Cl2. The second-order valence-electron chi connectivity index (χ2n) is 0.493. The van der Waals surface area contributed by atoms with Crippen molar-refractivity contribution in [1.82, 2.24) is 0 Å². The highest BCUT2D eigenvalue weighted by molar-refractivity contribution is 5.85. The monoisotopic (exact) mass is 154 g/mol. The van der Waals surface area contributed by atoms with Crippen LogP contribution in [0.2, 0.25) is 0 Å². The quantitative estimate of drug-likeness (QED) is 0.372. The Kier molecular flexibility index (Phi) is 214. The number of halogens is 2. The maximum absolute atomic E-state index is 3.30. The molecule has 0 aromatic heterocycles. The zero-order valence-corrected chi connectivity index (χ0v) is 6.65. The summed E-state index contributed by atoms with van der Waals surface area (Å²) in [5, 5.41) is 0. The molecule has 0 aliphatic heterocycles. The van der Waals surface area contributed by atoms with Gasteiger partial charge in [-0.15, -0.1) is 43.7 Å². The molecule has 0 nitrogen and oxygen atoms in total. The molecule has 0 radical (unpaired) electrons. The summed E-state index contributed by atoms with van der Waals surface area (Å²) in [6.07, 6.45) is 1.76. The Bertz CT molecular complexity index is 53.5. The lowest BCUT2D eigenvalue weighted by molar-refractivity contribution is 1.78. The fourth-order valence-electron chi connectivity index (χ4n) is 0. The van der Waals surface area contributed by atoms with Crippen molar-refractivity contribution < 1.29 is 0 Å². The summed E-state index contributed by atoms with van der Waals surface area (Å²) < 4.78 is 0. The Balaban J connectivity index is -0.0000000183. The third kappa shape index (κ3) is 194. The molecule has 0 bridgehead atoms. The van der Waals surface area contributed by atoms with Crippen molar-refractivity contribution in [2.45, 2.75) is 6.92 Å². The average Bonchev–Trinajstić information content (AvgIpc) is 1.72. The first kappa shape index (κ1) is 24.9. The van der Waals surface area contributed by atoms with Gasteiger partial charge in [0, 0.05) is 0 Å². The van der Waals surface area contributed by atoms with Gasteiger partial charge in [0.15, 0.2) is 0 Å². The second kappa shape index (κ2) is 68.9. The number of hydrogen-bond acceptors (Lipinski definition) is 0. The normalized spacial score (nSPS) is 2.62. The van der Waals surface area contributed by atoms with Crippen molar-refractivity contribution in [3.8, 4) is 0 Å². The van der Waals surface area contributed by atoms with Crippen molar-refractivity contribution in [3.63, 3.8) is 0 Å². The number of hydrogen-bond donors (Lipinski definition) is 0. The van der Waals surface area contributed by atoms with Gasteiger partial charge in [-0.25, -0.2) is 0 Å². The molecule has 0 spiro atoms. The van der Waals surface area contributed by atoms with Gasteiger partial charge in [0.25, 0.3) is 0 Å². The van der Waals surface area contributed by atoms with E-state index in [1.54, 1.807) is 6.08 Å². The first-order valence-electron chi connectivity index (χ1n) is 1.72. The Hall–Kier alpha value is -0.160. The third-order valence-corrected chi connectivity index (χ3v) is 0.204. The van der Waals surface area contributed by atoms with Crippen LogP contribution in [0.3, 0.4) is 0 Å². The molecule has 0 unspecified atom stereocenters. The van der Waals surface area contributed by atoms with Crippen LogP contribution in [0.25, 0.3) is 0 Å². The van der Waals surface area contributed by atoms with E-state index >= 15 is 0 Å². The largest absolute Gasteiger partial charge is 0.147 e. The van der Waals surface area contributed by atoms with Gasteiger partial charge >= 0.3 is 0 Å². The lowest BCUT2D eigenvalue weighted by atomic mass is 10.7. The van der Waals surface area contributed by atoms with E-state index in [0.717, 1.165) is 0 Å². The van der Waals surface area contributed by atoms with Crippen LogP contribution in [0.5, 0.6) is 0 Å². The highest BCUT2D eigenvalue weighted by Crippen LogP contribution is 1.46. The fraction of sp³-hybridized carbons (Fsp3) is 0.167. The van der Waals surface area contributed by atoms with Gasteiger partial charge in [0.1, 0.15) is 0 Å². The fourth-order valence-corrected chi connectivity index (χ4v) is 0. The molecule has 0 aliphatic rings. The predicted molar refractivity (Wildman–Crippen MR) is 45.1 cm³/mol. The van der Waals surface area contributed by atoms with E-state index in [9.17, 15) is 0 Å². The van der Waals surface area contributed by atoms with Crippen molar-refractivity contribution in [2.75, 3.05) is 0 Å². The van der Waals surface area contributed by atoms with E-state index in [0.29, 0.717) is 0 Å². The van der Waals surface area contributed by atoms with Crippen LogP contribution in [0.15, 0.2) is 31.5 Å². The molecule has 0 fully saturated rings. The summed E-state index contributed by atoms with van der Waals surface area (Å²) in [5.41, 5.74) is 2.56. The number of rotatable bonds is 0. The van der Waals surface area contributed by atoms with Gasteiger partial charge in [0.2, 0.25) is 0 Å². The molecule has 0 rings (SSSR count). The van der Waals surface area contributed by atoms with Crippen LogP contribution in [0.1, 0.15) is 6.92 Å². The molecule has 8 heavy (non-hydrogen) atoms. The summed E-state index contributed by atoms with van der Waals surface area (Å²) in [5.74, 6) is 0. The predicted octanol–water partition coefficient (Wildman–Crippen LogP) is 2.99. The highest BCUT2D eigenvalue weighted by Gasteiger charge is 1.24. The molecule has 0 saturated carbocycles. The van der Waals surface area contributed by atoms with Crippen LogP contribution < -0.4 is 0 Å². The molecule has 0 aliphatic carbocycles. The summed E-state index contributed by atoms with van der Waals surface area (Å²) in [6.45, 7) is 11.2. The Morgan fingerprint density at radius 1 is 1.25 bits per heavy atom. The summed E-state index contributed by atoms with van der Waals surface area (Å²) in [4.78, 5) is 0. The van der Waals surface area contributed by atoms with E-state index in [2.05, 4.69) is 25.5 Å². The van der Waals surface area contributed by atoms with E-state index in [1.807, 2.05) is 6.92 Å². The minimum atomic E-state index is 0. The van der Waals surface area contributed by atoms with Crippen molar-refractivity contribution in [1.29, 1.82) is 0 Å². The summed E-state index contributed by atoms with van der Waals surface area (Å²) in [6, 6.07) is 0. The van der Waals surface area contributed by atoms with Gasteiger partial charge in [-0.3, -0.25) is 0 Å². The highest BCUT2D eigenvalue weighted by atomic mass is 35.5. The molecule has 0 saturated heterocycles. The lowest BCUT2D eigenvalue weighted by Gasteiger charge is -1.37. The molecule has 0 aromatic rings. The maximum atomic E-state index is 3.30. The zero-order chi connectivity index (χ0) is 5.41. The summed E-state index contributed by atoms with van der Waals surface area (Å²) >= 11 is 0. The minimum absolute atomic E-state index is 0. The van der Waals surface area contributed by atoms with E-state index in [-0.39, 0.29) is 24.8 Å². The maximum Gasteiger partial charge on any atom is -0.0393 e. The molecule has 0 heterocycles. The van der Waals surface area contributed by atoms with Crippen LogP contribution >= 0.6 is 24.8 Å². The zero-order valence-electron chi connectivity index (χ0n) is 5.02. The van der Waals surface area contributed by atoms with Crippen LogP contribution in [-0.4, -0.2) is 0 Å². The molecule has 2 heteroatoms. The molecule has 0 N–H and O–H groups in total. The molecule has 0 amide bonds. The molecule has 50 valence electrons. The van der Waals surface area contributed by atoms with Crippen LogP contribution in [-0.2, 0) is 0 Å². The molecule has 0 atom stereocenters. The minimum Gasteiger partial charge on any atom is -0.147 e. The standard InChI is InChI=1S/C4H6.C2H4.2ClH/c1-3-4-2;1-2;;/h4H,1H2,2H3;1-2H2;2*1H. The van der Waals surface area contributed by atoms with Crippen molar-refractivity contribution >= 4 is 24.8 Å². The van der Waals surface area contributed by atoms with Gasteiger partial charge in [0.05, 0.1) is 0 Å². The Labute approximate surface area is 63.8 Å². The lowest BCUT2D eigenvalue weighted by Crippen LogP contribution is -1.15. The van der Waals surface area contributed by atoms with Crippen LogP contribution in [0, 0.1) is 0 Å². The topological polar surface area (TPSA) is 0 Å². The van der Waals surface area contributed by atoms with Gasteiger partial charge in [-0.2, -0.15) is 0 Å². The van der Waals surface area contributed by atoms with Gasteiger partial charge < -0.3 is 0 Å². The number of allylic oxidation sites excluding steroid dienone is 1. The average molecular weight is 155 g/mol. The second-order valence-corrected chi connectivity index (χ2v) is 0.493. The summed E-state index contributed by atoms with van der Waals surface area (Å²) in [7, 11) is 0. The van der Waals surface area contributed by atoms with Crippen molar-refractivity contribution in [2.24, 2.45) is 0 Å². The first-order chi connectivity index (χ1) is 2.91. The SMILES string of the molecule is C=C.C=C=CC.Cl.Cl. The molecular weight excluding hydrogens is 143 g/mol. The van der Waals surface area contributed by atoms with Gasteiger partial charge in [-0.05, 0) is 13.0 Å². The van der Waals surface area contributed by atoms with E-state index in [4.69, 9.17) is 0 Å². The van der Waals surface area contributed by atoms with Gasteiger partial charge in [-0.1, -0.05) is 6.58 Å².